The first-order valence-electron chi connectivity index (χ1n) is 9.82. The standard InChI is InChI=1S/C22H27N3OS.ClH/c1-23-15-17-7-6-13-24(16-17)22(26)12-14-25-18-8-2-4-10-20(18)27-21-11-5-3-9-19(21)25;/h2-5,8-11,17,23H,6-7,12-16H2,1H3;1H. The van der Waals surface area contributed by atoms with E-state index in [0.717, 1.165) is 32.6 Å². The number of fused-ring (bicyclic) bond motifs is 2. The largest absolute Gasteiger partial charge is 0.342 e. The van der Waals surface area contributed by atoms with Crippen molar-refractivity contribution in [2.24, 2.45) is 5.92 Å². The second kappa shape index (κ2) is 9.68. The molecule has 0 spiro atoms. The van der Waals surface area contributed by atoms with Crippen LogP contribution in [0.25, 0.3) is 0 Å². The van der Waals surface area contributed by atoms with Crippen LogP contribution >= 0.6 is 24.2 Å². The van der Waals surface area contributed by atoms with Crippen LogP contribution in [-0.4, -0.2) is 44.0 Å². The highest BCUT2D eigenvalue weighted by Crippen LogP contribution is 2.47. The maximum atomic E-state index is 12.9. The van der Waals surface area contributed by atoms with Gasteiger partial charge in [-0.05, 0) is 56.6 Å². The third-order valence-electron chi connectivity index (χ3n) is 5.45. The Morgan fingerprint density at radius 3 is 2.39 bits per heavy atom. The molecule has 2 aliphatic rings. The van der Waals surface area contributed by atoms with Crippen molar-refractivity contribution >= 4 is 41.5 Å². The van der Waals surface area contributed by atoms with Crippen LogP contribution in [0.3, 0.4) is 0 Å². The van der Waals surface area contributed by atoms with Crippen molar-refractivity contribution in [3.8, 4) is 0 Å². The Bertz CT molecular complexity index is 768. The predicted octanol–water partition coefficient (Wildman–Crippen LogP) is 4.56. The molecule has 1 fully saturated rings. The number of amides is 1. The van der Waals surface area contributed by atoms with Gasteiger partial charge in [0, 0.05) is 35.8 Å². The number of piperidine rings is 1. The SMILES string of the molecule is CNCC1CCCN(C(=O)CCN2c3ccccc3Sc3ccccc32)C1.Cl. The number of nitrogens with zero attached hydrogens (tertiary/aromatic N) is 2. The third-order valence-corrected chi connectivity index (χ3v) is 6.58. The first-order valence-corrected chi connectivity index (χ1v) is 10.6. The summed E-state index contributed by atoms with van der Waals surface area (Å²) in [6.45, 7) is 3.51. The number of para-hydroxylation sites is 2. The number of nitrogens with one attached hydrogen (secondary N) is 1. The summed E-state index contributed by atoms with van der Waals surface area (Å²) in [5, 5.41) is 3.25. The van der Waals surface area contributed by atoms with Crippen molar-refractivity contribution in [3.05, 3.63) is 48.5 Å². The van der Waals surface area contributed by atoms with Gasteiger partial charge in [0.1, 0.15) is 0 Å². The van der Waals surface area contributed by atoms with Gasteiger partial charge in [-0.1, -0.05) is 36.0 Å². The van der Waals surface area contributed by atoms with Gasteiger partial charge in [-0.25, -0.2) is 0 Å². The fourth-order valence-electron chi connectivity index (χ4n) is 4.13. The van der Waals surface area contributed by atoms with E-state index in [2.05, 4.69) is 63.6 Å². The molecule has 1 atom stereocenters. The number of halogens is 1. The zero-order valence-corrected chi connectivity index (χ0v) is 17.9. The highest BCUT2D eigenvalue weighted by atomic mass is 35.5. The van der Waals surface area contributed by atoms with E-state index >= 15 is 0 Å². The van der Waals surface area contributed by atoms with E-state index in [4.69, 9.17) is 0 Å². The molecule has 6 heteroatoms. The van der Waals surface area contributed by atoms with Crippen molar-refractivity contribution in [2.75, 3.05) is 38.1 Å². The average molecular weight is 418 g/mol. The Kier molecular flexibility index (Phi) is 7.27. The number of benzene rings is 2. The molecule has 150 valence electrons. The molecule has 4 nitrogen and oxygen atoms in total. The lowest BCUT2D eigenvalue weighted by Gasteiger charge is -2.35. The first kappa shape index (κ1) is 21.0. The lowest BCUT2D eigenvalue weighted by Crippen LogP contribution is -2.43. The smallest absolute Gasteiger partial charge is 0.224 e. The summed E-state index contributed by atoms with van der Waals surface area (Å²) in [6.07, 6.45) is 2.89. The van der Waals surface area contributed by atoms with Gasteiger partial charge in [0.25, 0.3) is 0 Å². The lowest BCUT2D eigenvalue weighted by molar-refractivity contribution is -0.132. The number of anilines is 2. The molecular weight excluding hydrogens is 390 g/mol. The number of carbonyl (C=O) groups is 1. The quantitative estimate of drug-likeness (QED) is 0.773. The number of hydrogen-bond donors (Lipinski definition) is 1. The van der Waals surface area contributed by atoms with Crippen molar-refractivity contribution in [1.82, 2.24) is 10.2 Å². The summed E-state index contributed by atoms with van der Waals surface area (Å²) < 4.78 is 0. The number of rotatable bonds is 5. The molecule has 0 bridgehead atoms. The molecule has 2 heterocycles. The molecule has 1 amide bonds. The lowest BCUT2D eigenvalue weighted by atomic mass is 9.98. The average Bonchev–Trinajstić information content (AvgIpc) is 2.71. The number of likely N-dealkylation sites (tertiary alicyclic amines) is 1. The van der Waals surface area contributed by atoms with E-state index in [1.165, 1.54) is 27.6 Å². The summed E-state index contributed by atoms with van der Waals surface area (Å²) in [5.74, 6) is 0.865. The van der Waals surface area contributed by atoms with E-state index in [9.17, 15) is 4.79 Å². The van der Waals surface area contributed by atoms with Crippen LogP contribution in [0.15, 0.2) is 58.3 Å². The van der Waals surface area contributed by atoms with Gasteiger partial charge in [-0.3, -0.25) is 4.79 Å². The molecule has 4 rings (SSSR count). The summed E-state index contributed by atoms with van der Waals surface area (Å²) in [6, 6.07) is 17.0. The Morgan fingerprint density at radius 2 is 1.75 bits per heavy atom. The van der Waals surface area contributed by atoms with Gasteiger partial charge in [-0.2, -0.15) is 0 Å². The summed E-state index contributed by atoms with van der Waals surface area (Å²) in [5.41, 5.74) is 2.42. The fourth-order valence-corrected chi connectivity index (χ4v) is 5.23. The predicted molar refractivity (Wildman–Crippen MR) is 119 cm³/mol. The van der Waals surface area contributed by atoms with E-state index in [0.29, 0.717) is 12.3 Å². The van der Waals surface area contributed by atoms with Crippen LogP contribution in [-0.2, 0) is 4.79 Å². The van der Waals surface area contributed by atoms with Crippen LogP contribution in [0.5, 0.6) is 0 Å². The van der Waals surface area contributed by atoms with Crippen molar-refractivity contribution in [3.63, 3.8) is 0 Å². The maximum Gasteiger partial charge on any atom is 0.224 e. The minimum atomic E-state index is 0. The van der Waals surface area contributed by atoms with Crippen LogP contribution < -0.4 is 10.2 Å². The molecular formula is C22H28ClN3OS. The van der Waals surface area contributed by atoms with Gasteiger partial charge in [0.05, 0.1) is 11.4 Å². The Morgan fingerprint density at radius 1 is 1.11 bits per heavy atom. The number of carbonyl (C=O) groups excluding carboxylic acids is 1. The summed E-state index contributed by atoms with van der Waals surface area (Å²) >= 11 is 1.81. The van der Waals surface area contributed by atoms with Gasteiger partial charge in [-0.15, -0.1) is 12.4 Å². The Hall–Kier alpha value is -1.69. The molecule has 0 aliphatic carbocycles. The van der Waals surface area contributed by atoms with E-state index < -0.39 is 0 Å². The highest BCUT2D eigenvalue weighted by molar-refractivity contribution is 7.99. The topological polar surface area (TPSA) is 35.6 Å². The van der Waals surface area contributed by atoms with Crippen LogP contribution in [0.2, 0.25) is 0 Å². The molecule has 1 unspecified atom stereocenters. The Balaban J connectivity index is 0.00000225. The van der Waals surface area contributed by atoms with Gasteiger partial charge < -0.3 is 15.1 Å². The molecule has 28 heavy (non-hydrogen) atoms. The molecule has 0 aromatic heterocycles. The fraction of sp³-hybridized carbons (Fsp3) is 0.409. The first-order chi connectivity index (χ1) is 13.3. The monoisotopic (exact) mass is 417 g/mol. The summed E-state index contributed by atoms with van der Waals surface area (Å²) in [7, 11) is 1.99. The zero-order valence-electron chi connectivity index (χ0n) is 16.3. The maximum absolute atomic E-state index is 12.9. The second-order valence-electron chi connectivity index (χ2n) is 7.34. The minimum Gasteiger partial charge on any atom is -0.342 e. The van der Waals surface area contributed by atoms with Crippen molar-refractivity contribution in [1.29, 1.82) is 0 Å². The van der Waals surface area contributed by atoms with Crippen molar-refractivity contribution < 1.29 is 4.79 Å². The Labute approximate surface area is 178 Å². The van der Waals surface area contributed by atoms with Gasteiger partial charge >= 0.3 is 0 Å². The minimum absolute atomic E-state index is 0. The van der Waals surface area contributed by atoms with Crippen LogP contribution in [0.4, 0.5) is 11.4 Å². The molecule has 2 aliphatic heterocycles. The summed E-state index contributed by atoms with van der Waals surface area (Å²) in [4.78, 5) is 19.8. The molecule has 2 aromatic rings. The van der Waals surface area contributed by atoms with Gasteiger partial charge in [0.15, 0.2) is 0 Å². The second-order valence-corrected chi connectivity index (χ2v) is 8.43. The molecule has 0 saturated carbocycles. The normalized spacial score (nSPS) is 18.1. The van der Waals surface area contributed by atoms with Crippen LogP contribution in [0, 0.1) is 5.92 Å². The molecule has 0 radical (unpaired) electrons. The van der Waals surface area contributed by atoms with Gasteiger partial charge in [0.2, 0.25) is 5.91 Å². The molecule has 2 aromatic carbocycles. The molecule has 1 saturated heterocycles. The molecule has 1 N–H and O–H groups in total. The van der Waals surface area contributed by atoms with E-state index in [1.807, 2.05) is 18.8 Å². The number of hydrogen-bond acceptors (Lipinski definition) is 4. The third kappa shape index (κ3) is 4.48. The van der Waals surface area contributed by atoms with E-state index in [1.54, 1.807) is 0 Å². The highest BCUT2D eigenvalue weighted by Gasteiger charge is 2.26. The zero-order chi connectivity index (χ0) is 18.6. The van der Waals surface area contributed by atoms with Crippen LogP contribution in [0.1, 0.15) is 19.3 Å². The van der Waals surface area contributed by atoms with E-state index in [-0.39, 0.29) is 18.3 Å². The van der Waals surface area contributed by atoms with Crippen molar-refractivity contribution in [2.45, 2.75) is 29.1 Å².